The molecule has 2 aromatic carbocycles. The second-order valence-corrected chi connectivity index (χ2v) is 8.87. The summed E-state index contributed by atoms with van der Waals surface area (Å²) in [6.07, 6.45) is 0. The van der Waals surface area contributed by atoms with Crippen molar-refractivity contribution >= 4 is 21.6 Å². The fraction of sp³-hybridized carbons (Fsp3) is 0.400. The van der Waals surface area contributed by atoms with Gasteiger partial charge in [-0.3, -0.25) is 0 Å². The summed E-state index contributed by atoms with van der Waals surface area (Å²) < 4.78 is 38.8. The molecule has 0 heterocycles. The van der Waals surface area contributed by atoms with Gasteiger partial charge in [-0.2, -0.15) is 0 Å². The highest BCUT2D eigenvalue weighted by Crippen LogP contribution is 2.33. The molecule has 0 radical (unpaired) electrons. The zero-order valence-corrected chi connectivity index (χ0v) is 18.0. The molecule has 5 nitrogen and oxygen atoms in total. The Bertz CT molecular complexity index is 926. The van der Waals surface area contributed by atoms with Gasteiger partial charge in [-0.25, -0.2) is 13.1 Å². The fourth-order valence-corrected chi connectivity index (χ4v) is 4.56. The predicted molar refractivity (Wildman–Crippen MR) is 109 cm³/mol. The highest BCUT2D eigenvalue weighted by atomic mass is 35.5. The minimum atomic E-state index is -3.74. The molecule has 0 aliphatic carbocycles. The van der Waals surface area contributed by atoms with Crippen LogP contribution in [0.5, 0.6) is 11.5 Å². The Morgan fingerprint density at radius 2 is 1.59 bits per heavy atom. The SMILES string of the molecule is COc1ccc(S(=O)(=O)NC(C)c2cc(C(C)C)c(OC)cc2C)cc1Cl. The summed E-state index contributed by atoms with van der Waals surface area (Å²) in [5.74, 6) is 1.49. The highest BCUT2D eigenvalue weighted by Gasteiger charge is 2.22. The van der Waals surface area contributed by atoms with Gasteiger partial charge in [-0.05, 0) is 66.8 Å². The first-order valence-corrected chi connectivity index (χ1v) is 10.5. The number of nitrogens with one attached hydrogen (secondary N) is 1. The molecule has 2 aromatic rings. The maximum atomic E-state index is 12.8. The molecule has 0 amide bonds. The molecule has 0 aliphatic heterocycles. The van der Waals surface area contributed by atoms with Crippen molar-refractivity contribution in [1.82, 2.24) is 4.72 Å². The Kier molecular flexibility index (Phi) is 6.78. The summed E-state index contributed by atoms with van der Waals surface area (Å²) in [6, 6.07) is 7.93. The summed E-state index contributed by atoms with van der Waals surface area (Å²) in [5.41, 5.74) is 2.90. The molecule has 7 heteroatoms. The van der Waals surface area contributed by atoms with Gasteiger partial charge >= 0.3 is 0 Å². The lowest BCUT2D eigenvalue weighted by molar-refractivity contribution is 0.406. The van der Waals surface area contributed by atoms with E-state index in [1.165, 1.54) is 25.3 Å². The van der Waals surface area contributed by atoms with Crippen LogP contribution in [0.1, 0.15) is 49.4 Å². The molecule has 0 spiro atoms. The first-order valence-electron chi connectivity index (χ1n) is 8.65. The van der Waals surface area contributed by atoms with Crippen LogP contribution in [0.4, 0.5) is 0 Å². The fourth-order valence-electron chi connectivity index (χ4n) is 2.99. The Morgan fingerprint density at radius 1 is 0.963 bits per heavy atom. The summed E-state index contributed by atoms with van der Waals surface area (Å²) >= 11 is 6.07. The predicted octanol–water partition coefficient (Wildman–Crippen LogP) is 4.83. The van der Waals surface area contributed by atoms with Gasteiger partial charge in [0.25, 0.3) is 0 Å². The van der Waals surface area contributed by atoms with Gasteiger partial charge < -0.3 is 9.47 Å². The van der Waals surface area contributed by atoms with Crippen molar-refractivity contribution in [3.05, 3.63) is 52.0 Å². The maximum absolute atomic E-state index is 12.8. The monoisotopic (exact) mass is 411 g/mol. The van der Waals surface area contributed by atoms with E-state index in [4.69, 9.17) is 21.1 Å². The lowest BCUT2D eigenvalue weighted by Crippen LogP contribution is -2.27. The molecule has 0 aromatic heterocycles. The summed E-state index contributed by atoms with van der Waals surface area (Å²) in [4.78, 5) is 0.0930. The molecule has 0 saturated carbocycles. The summed E-state index contributed by atoms with van der Waals surface area (Å²) in [6.45, 7) is 7.91. The van der Waals surface area contributed by atoms with Crippen molar-refractivity contribution in [3.8, 4) is 11.5 Å². The van der Waals surface area contributed by atoms with E-state index in [-0.39, 0.29) is 15.8 Å². The standard InChI is InChI=1S/C20H26ClNO4S/c1-12(2)16-11-17(13(3)9-20(16)26-6)14(4)22-27(23,24)15-7-8-19(25-5)18(21)10-15/h7-12,14,22H,1-6H3. The summed E-state index contributed by atoms with van der Waals surface area (Å²) in [7, 11) is -0.623. The average molecular weight is 412 g/mol. The normalized spacial score (nSPS) is 12.9. The first kappa shape index (κ1) is 21.5. The quantitative estimate of drug-likeness (QED) is 0.708. The van der Waals surface area contributed by atoms with Crippen molar-refractivity contribution in [3.63, 3.8) is 0 Å². The Balaban J connectivity index is 2.37. The molecule has 27 heavy (non-hydrogen) atoms. The molecular weight excluding hydrogens is 386 g/mol. The first-order chi connectivity index (χ1) is 12.6. The molecule has 1 atom stereocenters. The summed E-state index contributed by atoms with van der Waals surface area (Å²) in [5, 5.41) is 0.246. The Hall–Kier alpha value is -1.76. The third-order valence-corrected chi connectivity index (χ3v) is 6.31. The van der Waals surface area contributed by atoms with Crippen LogP contribution in [0.3, 0.4) is 0 Å². The van der Waals surface area contributed by atoms with Crippen LogP contribution in [-0.2, 0) is 10.0 Å². The van der Waals surface area contributed by atoms with Gasteiger partial charge in [-0.15, -0.1) is 0 Å². The lowest BCUT2D eigenvalue weighted by Gasteiger charge is -2.21. The van der Waals surface area contributed by atoms with Gasteiger partial charge in [0, 0.05) is 6.04 Å². The van der Waals surface area contributed by atoms with E-state index < -0.39 is 16.1 Å². The molecule has 148 valence electrons. The molecule has 0 aliphatic rings. The van der Waals surface area contributed by atoms with Crippen molar-refractivity contribution in [2.24, 2.45) is 0 Å². The number of ether oxygens (including phenoxy) is 2. The van der Waals surface area contributed by atoms with E-state index in [2.05, 4.69) is 18.6 Å². The minimum Gasteiger partial charge on any atom is -0.496 e. The number of hydrogen-bond acceptors (Lipinski definition) is 4. The van der Waals surface area contributed by atoms with Crippen molar-refractivity contribution in [2.75, 3.05) is 14.2 Å². The largest absolute Gasteiger partial charge is 0.496 e. The van der Waals surface area contributed by atoms with E-state index in [9.17, 15) is 8.42 Å². The molecule has 0 bridgehead atoms. The van der Waals surface area contributed by atoms with Crippen LogP contribution in [0.2, 0.25) is 5.02 Å². The zero-order valence-electron chi connectivity index (χ0n) is 16.5. The number of methoxy groups -OCH3 is 2. The molecule has 1 unspecified atom stereocenters. The molecule has 1 N–H and O–H groups in total. The van der Waals surface area contributed by atoms with Crippen LogP contribution < -0.4 is 14.2 Å². The van der Waals surface area contributed by atoms with Gasteiger partial charge in [-0.1, -0.05) is 25.4 Å². The number of hydrogen-bond donors (Lipinski definition) is 1. The van der Waals surface area contributed by atoms with E-state index in [1.807, 2.05) is 26.0 Å². The molecule has 0 saturated heterocycles. The van der Waals surface area contributed by atoms with Crippen molar-refractivity contribution < 1.29 is 17.9 Å². The van der Waals surface area contributed by atoms with E-state index in [0.717, 1.165) is 22.4 Å². The van der Waals surface area contributed by atoms with Crippen molar-refractivity contribution in [1.29, 1.82) is 0 Å². The number of benzene rings is 2. The number of halogens is 1. The van der Waals surface area contributed by atoms with Gasteiger partial charge in [0.2, 0.25) is 10.0 Å². The van der Waals surface area contributed by atoms with Crippen LogP contribution in [0.15, 0.2) is 35.2 Å². The second-order valence-electron chi connectivity index (χ2n) is 6.74. The maximum Gasteiger partial charge on any atom is 0.241 e. The van der Waals surface area contributed by atoms with Crippen LogP contribution in [0.25, 0.3) is 0 Å². The van der Waals surface area contributed by atoms with Gasteiger partial charge in [0.15, 0.2) is 0 Å². The topological polar surface area (TPSA) is 64.6 Å². The van der Waals surface area contributed by atoms with E-state index in [0.29, 0.717) is 5.75 Å². The second kappa shape index (κ2) is 8.50. The number of aryl methyl sites for hydroxylation is 1. The Morgan fingerprint density at radius 3 is 2.11 bits per heavy atom. The molecule has 2 rings (SSSR count). The van der Waals surface area contributed by atoms with Crippen LogP contribution >= 0.6 is 11.6 Å². The zero-order chi connectivity index (χ0) is 20.4. The molecular formula is C20H26ClNO4S. The highest BCUT2D eigenvalue weighted by molar-refractivity contribution is 7.89. The molecule has 0 fully saturated rings. The van der Waals surface area contributed by atoms with Crippen LogP contribution in [-0.4, -0.2) is 22.6 Å². The number of sulfonamides is 1. The third kappa shape index (κ3) is 4.75. The van der Waals surface area contributed by atoms with E-state index >= 15 is 0 Å². The van der Waals surface area contributed by atoms with Gasteiger partial charge in [0.1, 0.15) is 11.5 Å². The third-order valence-electron chi connectivity index (χ3n) is 4.47. The average Bonchev–Trinajstić information content (AvgIpc) is 2.60. The number of rotatable bonds is 7. The van der Waals surface area contributed by atoms with Crippen LogP contribution in [0, 0.1) is 6.92 Å². The van der Waals surface area contributed by atoms with Crippen molar-refractivity contribution in [2.45, 2.75) is 44.6 Å². The Labute approximate surface area is 166 Å². The minimum absolute atomic E-state index is 0.0930. The van der Waals surface area contributed by atoms with Gasteiger partial charge in [0.05, 0.1) is 24.1 Å². The lowest BCUT2D eigenvalue weighted by atomic mass is 9.94. The smallest absolute Gasteiger partial charge is 0.241 e. The van der Waals surface area contributed by atoms with E-state index in [1.54, 1.807) is 7.11 Å².